The van der Waals surface area contributed by atoms with Crippen LogP contribution in [0.15, 0.2) is 53.4 Å². The van der Waals surface area contributed by atoms with Crippen molar-refractivity contribution in [2.75, 3.05) is 10.6 Å². The number of fused-ring (bicyclic) bond motifs is 1. The molecule has 0 unspecified atom stereocenters. The molecule has 2 aromatic rings. The highest BCUT2D eigenvalue weighted by Gasteiger charge is 2.27. The Balaban J connectivity index is 1.98. The Morgan fingerprint density at radius 2 is 1.71 bits per heavy atom. The van der Waals surface area contributed by atoms with Crippen LogP contribution in [0.3, 0.4) is 0 Å². The SMILES string of the molecule is NS(=O)(=O)c1ccc2c(c1)NC(=O)[C@H](c1ccccc1)N2. The smallest absolute Gasteiger partial charge is 0.251 e. The summed E-state index contributed by atoms with van der Waals surface area (Å²) < 4.78 is 22.7. The molecule has 1 aliphatic rings. The number of hydrogen-bond acceptors (Lipinski definition) is 4. The lowest BCUT2D eigenvalue weighted by molar-refractivity contribution is -0.117. The van der Waals surface area contributed by atoms with Gasteiger partial charge in [0.2, 0.25) is 10.0 Å². The summed E-state index contributed by atoms with van der Waals surface area (Å²) in [5.41, 5.74) is 1.88. The van der Waals surface area contributed by atoms with E-state index in [1.54, 1.807) is 6.07 Å². The van der Waals surface area contributed by atoms with E-state index >= 15 is 0 Å². The molecule has 0 radical (unpaired) electrons. The molecular weight excluding hydrogens is 290 g/mol. The Hall–Kier alpha value is -2.38. The first-order valence-corrected chi connectivity index (χ1v) is 7.79. The fourth-order valence-corrected chi connectivity index (χ4v) is 2.78. The third kappa shape index (κ3) is 2.61. The average Bonchev–Trinajstić information content (AvgIpc) is 2.46. The molecule has 6 nitrogen and oxygen atoms in total. The van der Waals surface area contributed by atoms with Crippen molar-refractivity contribution in [3.8, 4) is 0 Å². The fraction of sp³-hybridized carbons (Fsp3) is 0.0714. The molecule has 1 heterocycles. The van der Waals surface area contributed by atoms with Gasteiger partial charge >= 0.3 is 0 Å². The summed E-state index contributed by atoms with van der Waals surface area (Å²) in [6, 6.07) is 13.1. The van der Waals surface area contributed by atoms with Gasteiger partial charge in [0, 0.05) is 0 Å². The van der Waals surface area contributed by atoms with Gasteiger partial charge in [0.15, 0.2) is 0 Å². The number of carbonyl (C=O) groups is 1. The summed E-state index contributed by atoms with van der Waals surface area (Å²) in [6.45, 7) is 0. The quantitative estimate of drug-likeness (QED) is 0.781. The second kappa shape index (κ2) is 4.87. The van der Waals surface area contributed by atoms with Crippen molar-refractivity contribution in [2.24, 2.45) is 5.14 Å². The number of rotatable bonds is 2. The summed E-state index contributed by atoms with van der Waals surface area (Å²) in [6.07, 6.45) is 0. The lowest BCUT2D eigenvalue weighted by atomic mass is 10.0. The Labute approximate surface area is 122 Å². The van der Waals surface area contributed by atoms with Crippen LogP contribution in [0, 0.1) is 0 Å². The first kappa shape index (κ1) is 13.6. The highest BCUT2D eigenvalue weighted by atomic mass is 32.2. The number of nitrogens with one attached hydrogen (secondary N) is 2. The van der Waals surface area contributed by atoms with E-state index in [2.05, 4.69) is 10.6 Å². The number of nitrogens with two attached hydrogens (primary N) is 1. The lowest BCUT2D eigenvalue weighted by Gasteiger charge is -2.27. The van der Waals surface area contributed by atoms with Gasteiger partial charge in [0.25, 0.3) is 5.91 Å². The van der Waals surface area contributed by atoms with E-state index < -0.39 is 16.1 Å². The minimum absolute atomic E-state index is 0.0403. The number of primary sulfonamides is 1. The van der Waals surface area contributed by atoms with E-state index in [-0.39, 0.29) is 10.8 Å². The predicted molar refractivity (Wildman–Crippen MR) is 79.3 cm³/mol. The van der Waals surface area contributed by atoms with Crippen LogP contribution in [-0.4, -0.2) is 14.3 Å². The van der Waals surface area contributed by atoms with Crippen molar-refractivity contribution < 1.29 is 13.2 Å². The number of anilines is 2. The molecule has 108 valence electrons. The number of sulfonamides is 1. The van der Waals surface area contributed by atoms with Gasteiger partial charge in [0.1, 0.15) is 6.04 Å². The lowest BCUT2D eigenvalue weighted by Crippen LogP contribution is -2.32. The maximum atomic E-state index is 12.2. The minimum Gasteiger partial charge on any atom is -0.368 e. The number of amides is 1. The molecule has 21 heavy (non-hydrogen) atoms. The van der Waals surface area contributed by atoms with Gasteiger partial charge in [-0.1, -0.05) is 30.3 Å². The second-order valence-corrected chi connectivity index (χ2v) is 6.29. The molecule has 1 atom stereocenters. The molecule has 1 amide bonds. The summed E-state index contributed by atoms with van der Waals surface area (Å²) >= 11 is 0. The average molecular weight is 303 g/mol. The van der Waals surface area contributed by atoms with E-state index in [1.165, 1.54) is 12.1 Å². The van der Waals surface area contributed by atoms with Gasteiger partial charge in [-0.15, -0.1) is 0 Å². The first-order valence-electron chi connectivity index (χ1n) is 6.24. The van der Waals surface area contributed by atoms with E-state index in [9.17, 15) is 13.2 Å². The zero-order chi connectivity index (χ0) is 15.0. The largest absolute Gasteiger partial charge is 0.368 e. The third-order valence-electron chi connectivity index (χ3n) is 3.27. The molecule has 0 aromatic heterocycles. The highest BCUT2D eigenvalue weighted by Crippen LogP contribution is 2.33. The van der Waals surface area contributed by atoms with Gasteiger partial charge in [-0.05, 0) is 23.8 Å². The Bertz CT molecular complexity index is 803. The van der Waals surface area contributed by atoms with E-state index in [1.807, 2.05) is 30.3 Å². The van der Waals surface area contributed by atoms with Crippen LogP contribution in [0.25, 0.3) is 0 Å². The van der Waals surface area contributed by atoms with Crippen LogP contribution in [0.5, 0.6) is 0 Å². The number of benzene rings is 2. The van der Waals surface area contributed by atoms with Gasteiger partial charge in [-0.3, -0.25) is 4.79 Å². The van der Waals surface area contributed by atoms with E-state index in [4.69, 9.17) is 5.14 Å². The molecule has 0 saturated heterocycles. The molecule has 0 aliphatic carbocycles. The van der Waals surface area contributed by atoms with Crippen LogP contribution >= 0.6 is 0 Å². The Morgan fingerprint density at radius 3 is 2.38 bits per heavy atom. The molecule has 4 N–H and O–H groups in total. The zero-order valence-corrected chi connectivity index (χ0v) is 11.7. The molecule has 3 rings (SSSR count). The van der Waals surface area contributed by atoms with Crippen molar-refractivity contribution in [2.45, 2.75) is 10.9 Å². The molecule has 0 bridgehead atoms. The van der Waals surface area contributed by atoms with Crippen LogP contribution in [0.4, 0.5) is 11.4 Å². The van der Waals surface area contributed by atoms with Gasteiger partial charge in [-0.25, -0.2) is 13.6 Å². The summed E-state index contributed by atoms with van der Waals surface area (Å²) in [4.78, 5) is 12.1. The van der Waals surface area contributed by atoms with Crippen LogP contribution in [0.2, 0.25) is 0 Å². The van der Waals surface area contributed by atoms with Crippen LogP contribution < -0.4 is 15.8 Å². The van der Waals surface area contributed by atoms with Crippen molar-refractivity contribution in [1.82, 2.24) is 0 Å². The summed E-state index contributed by atoms with van der Waals surface area (Å²) in [7, 11) is -3.80. The Kier molecular flexibility index (Phi) is 3.15. The fourth-order valence-electron chi connectivity index (χ4n) is 2.24. The molecule has 1 aliphatic heterocycles. The second-order valence-electron chi connectivity index (χ2n) is 4.73. The molecular formula is C14H13N3O3S. The third-order valence-corrected chi connectivity index (χ3v) is 4.18. The maximum Gasteiger partial charge on any atom is 0.251 e. The molecule has 2 aromatic carbocycles. The minimum atomic E-state index is -3.80. The highest BCUT2D eigenvalue weighted by molar-refractivity contribution is 7.89. The Morgan fingerprint density at radius 1 is 1.00 bits per heavy atom. The van der Waals surface area contributed by atoms with Crippen LogP contribution in [-0.2, 0) is 14.8 Å². The van der Waals surface area contributed by atoms with Crippen LogP contribution in [0.1, 0.15) is 11.6 Å². The molecule has 0 fully saturated rings. The molecule has 7 heteroatoms. The molecule has 0 spiro atoms. The van der Waals surface area contributed by atoms with Gasteiger partial charge in [-0.2, -0.15) is 0 Å². The monoisotopic (exact) mass is 303 g/mol. The standard InChI is InChI=1S/C14H13N3O3S/c15-21(19,20)10-6-7-11-12(8-10)17-14(18)13(16-11)9-4-2-1-3-5-9/h1-8,13,16H,(H,17,18)(H2,15,19,20)/t13-/m0/s1. The van der Waals surface area contributed by atoms with Crippen molar-refractivity contribution in [1.29, 1.82) is 0 Å². The topological polar surface area (TPSA) is 101 Å². The maximum absolute atomic E-state index is 12.2. The normalized spacial score (nSPS) is 17.6. The number of carbonyl (C=O) groups excluding carboxylic acids is 1. The van der Waals surface area contributed by atoms with Gasteiger partial charge < -0.3 is 10.6 Å². The van der Waals surface area contributed by atoms with E-state index in [0.717, 1.165) is 5.56 Å². The summed E-state index contributed by atoms with van der Waals surface area (Å²) in [5, 5.41) is 10.9. The molecule has 0 saturated carbocycles. The van der Waals surface area contributed by atoms with Crippen molar-refractivity contribution in [3.05, 3.63) is 54.1 Å². The first-order chi connectivity index (χ1) is 9.95. The van der Waals surface area contributed by atoms with Gasteiger partial charge in [0.05, 0.1) is 16.3 Å². The van der Waals surface area contributed by atoms with E-state index in [0.29, 0.717) is 11.4 Å². The zero-order valence-electron chi connectivity index (χ0n) is 10.9. The summed E-state index contributed by atoms with van der Waals surface area (Å²) in [5.74, 6) is -0.250. The van der Waals surface area contributed by atoms with Crippen molar-refractivity contribution >= 4 is 27.3 Å². The predicted octanol–water partition coefficient (Wildman–Crippen LogP) is 1.44. The van der Waals surface area contributed by atoms with Crippen molar-refractivity contribution in [3.63, 3.8) is 0 Å². The number of hydrogen-bond donors (Lipinski definition) is 3.